The number of rotatable bonds is 5. The standard InChI is InChI=1S/C22H17N9O2/c23-18(32)14-3-4-25-20-16(14)28-21(29-20)17-15-6-12(8-26-19(15)31-30-17)11-5-13(9-24-7-11)27-22(33)10-1-2-10/h3-10H,1-2H2,(H2,23,32)(H,27,33)(H,25,28,29)(H,26,30,31). The third-order valence-electron chi connectivity index (χ3n) is 5.58. The van der Waals surface area contributed by atoms with Gasteiger partial charge in [0, 0.05) is 35.6 Å². The zero-order chi connectivity index (χ0) is 22.5. The van der Waals surface area contributed by atoms with E-state index >= 15 is 0 Å². The molecule has 0 atom stereocenters. The largest absolute Gasteiger partial charge is 0.366 e. The third-order valence-corrected chi connectivity index (χ3v) is 5.58. The van der Waals surface area contributed by atoms with Gasteiger partial charge in [0.1, 0.15) is 11.2 Å². The quantitative estimate of drug-likeness (QED) is 0.326. The lowest BCUT2D eigenvalue weighted by atomic mass is 10.1. The van der Waals surface area contributed by atoms with Gasteiger partial charge in [-0.2, -0.15) is 5.10 Å². The molecule has 5 N–H and O–H groups in total. The molecule has 1 aliphatic rings. The van der Waals surface area contributed by atoms with E-state index in [1.807, 2.05) is 12.1 Å². The number of aromatic nitrogens is 7. The SMILES string of the molecule is NC(=O)c1ccnc2[nH]c(-c3n[nH]c4ncc(-c5cncc(NC(=O)C6CC6)c5)cc34)nc12. The van der Waals surface area contributed by atoms with Crippen LogP contribution in [0.2, 0.25) is 0 Å². The molecule has 5 heterocycles. The van der Waals surface area contributed by atoms with Crippen molar-refractivity contribution in [3.8, 4) is 22.6 Å². The number of nitrogens with one attached hydrogen (secondary N) is 3. The Morgan fingerprint density at radius 3 is 2.73 bits per heavy atom. The van der Waals surface area contributed by atoms with Crippen LogP contribution in [-0.2, 0) is 4.79 Å². The van der Waals surface area contributed by atoms with Crippen molar-refractivity contribution in [1.29, 1.82) is 0 Å². The van der Waals surface area contributed by atoms with E-state index in [9.17, 15) is 9.59 Å². The summed E-state index contributed by atoms with van der Waals surface area (Å²) < 4.78 is 0. The Kier molecular flexibility index (Phi) is 4.15. The van der Waals surface area contributed by atoms with Crippen LogP contribution in [0.25, 0.3) is 44.8 Å². The maximum absolute atomic E-state index is 12.1. The average Bonchev–Trinajstić information content (AvgIpc) is 3.45. The van der Waals surface area contributed by atoms with E-state index < -0.39 is 5.91 Å². The smallest absolute Gasteiger partial charge is 0.251 e. The Hall–Kier alpha value is -4.67. The van der Waals surface area contributed by atoms with Gasteiger partial charge in [-0.3, -0.25) is 19.7 Å². The van der Waals surface area contributed by atoms with Crippen molar-refractivity contribution < 1.29 is 9.59 Å². The molecule has 1 fully saturated rings. The number of nitrogens with zero attached hydrogens (tertiary/aromatic N) is 5. The summed E-state index contributed by atoms with van der Waals surface area (Å²) in [6, 6.07) is 5.31. The van der Waals surface area contributed by atoms with Gasteiger partial charge in [-0.25, -0.2) is 15.0 Å². The Bertz CT molecular complexity index is 1570. The van der Waals surface area contributed by atoms with Crippen LogP contribution >= 0.6 is 0 Å². The number of imidazole rings is 1. The number of pyridine rings is 3. The lowest BCUT2D eigenvalue weighted by Crippen LogP contribution is -2.13. The summed E-state index contributed by atoms with van der Waals surface area (Å²) in [5.74, 6) is -0.0283. The molecule has 5 aromatic rings. The Morgan fingerprint density at radius 2 is 1.91 bits per heavy atom. The predicted octanol–water partition coefficient (Wildman–Crippen LogP) is 2.41. The number of aromatic amines is 2. The van der Waals surface area contributed by atoms with Gasteiger partial charge < -0.3 is 16.0 Å². The molecule has 2 amide bonds. The summed E-state index contributed by atoms with van der Waals surface area (Å²) in [6.45, 7) is 0. The van der Waals surface area contributed by atoms with E-state index in [1.54, 1.807) is 18.6 Å². The lowest BCUT2D eigenvalue weighted by Gasteiger charge is -2.06. The predicted molar refractivity (Wildman–Crippen MR) is 120 cm³/mol. The molecule has 0 unspecified atom stereocenters. The van der Waals surface area contributed by atoms with Crippen LogP contribution in [0.15, 0.2) is 43.0 Å². The van der Waals surface area contributed by atoms with E-state index in [1.165, 1.54) is 12.3 Å². The zero-order valence-electron chi connectivity index (χ0n) is 17.2. The fourth-order valence-electron chi connectivity index (χ4n) is 3.72. The highest BCUT2D eigenvalue weighted by Crippen LogP contribution is 2.32. The number of H-pyrrole nitrogens is 2. The molecule has 1 aliphatic carbocycles. The number of amides is 2. The molecular weight excluding hydrogens is 422 g/mol. The molecule has 33 heavy (non-hydrogen) atoms. The molecule has 0 aliphatic heterocycles. The summed E-state index contributed by atoms with van der Waals surface area (Å²) >= 11 is 0. The van der Waals surface area contributed by atoms with Gasteiger partial charge in [0.15, 0.2) is 17.1 Å². The van der Waals surface area contributed by atoms with Crippen LogP contribution in [0.4, 0.5) is 5.69 Å². The van der Waals surface area contributed by atoms with Gasteiger partial charge in [-0.15, -0.1) is 0 Å². The number of hydrogen-bond donors (Lipinski definition) is 4. The van der Waals surface area contributed by atoms with Crippen molar-refractivity contribution in [3.63, 3.8) is 0 Å². The van der Waals surface area contributed by atoms with E-state index in [0.717, 1.165) is 29.4 Å². The van der Waals surface area contributed by atoms with Gasteiger partial charge >= 0.3 is 0 Å². The van der Waals surface area contributed by atoms with Crippen LogP contribution < -0.4 is 11.1 Å². The van der Waals surface area contributed by atoms with Crippen molar-refractivity contribution >= 4 is 39.7 Å². The molecule has 0 saturated heterocycles. The molecule has 0 spiro atoms. The molecule has 1 saturated carbocycles. The van der Waals surface area contributed by atoms with Gasteiger partial charge in [-0.05, 0) is 31.0 Å². The topological polar surface area (TPSA) is 168 Å². The van der Waals surface area contributed by atoms with Crippen molar-refractivity contribution in [2.45, 2.75) is 12.8 Å². The van der Waals surface area contributed by atoms with Crippen LogP contribution in [0.3, 0.4) is 0 Å². The molecular formula is C22H17N9O2. The van der Waals surface area contributed by atoms with Gasteiger partial charge in [0.25, 0.3) is 5.91 Å². The van der Waals surface area contributed by atoms with Crippen LogP contribution in [-0.4, -0.2) is 46.9 Å². The number of hydrogen-bond acceptors (Lipinski definition) is 7. The number of carbonyl (C=O) groups excluding carboxylic acids is 2. The highest BCUT2D eigenvalue weighted by atomic mass is 16.2. The molecule has 0 radical (unpaired) electrons. The second-order valence-corrected chi connectivity index (χ2v) is 7.92. The van der Waals surface area contributed by atoms with E-state index in [-0.39, 0.29) is 17.4 Å². The fraction of sp³-hybridized carbons (Fsp3) is 0.136. The molecule has 11 heteroatoms. The molecule has 6 rings (SSSR count). The highest BCUT2D eigenvalue weighted by Gasteiger charge is 2.29. The van der Waals surface area contributed by atoms with Crippen LogP contribution in [0.5, 0.6) is 0 Å². The van der Waals surface area contributed by atoms with Gasteiger partial charge in [-0.1, -0.05) is 0 Å². The van der Waals surface area contributed by atoms with E-state index in [0.29, 0.717) is 34.0 Å². The maximum Gasteiger partial charge on any atom is 0.251 e. The highest BCUT2D eigenvalue weighted by molar-refractivity contribution is 6.04. The van der Waals surface area contributed by atoms with Crippen molar-refractivity contribution in [1.82, 2.24) is 35.1 Å². The number of primary amides is 1. The molecule has 0 aromatic carbocycles. The van der Waals surface area contributed by atoms with Gasteiger partial charge in [0.2, 0.25) is 5.91 Å². The molecule has 0 bridgehead atoms. The first-order valence-corrected chi connectivity index (χ1v) is 10.3. The first-order chi connectivity index (χ1) is 16.1. The molecule has 162 valence electrons. The van der Waals surface area contributed by atoms with E-state index in [2.05, 4.69) is 40.4 Å². The summed E-state index contributed by atoms with van der Waals surface area (Å²) in [6.07, 6.45) is 8.40. The second kappa shape index (κ2) is 7.19. The average molecular weight is 439 g/mol. The summed E-state index contributed by atoms with van der Waals surface area (Å²) in [5.41, 5.74) is 9.88. The minimum atomic E-state index is -0.586. The fourth-order valence-corrected chi connectivity index (χ4v) is 3.72. The van der Waals surface area contributed by atoms with Crippen molar-refractivity contribution in [2.24, 2.45) is 11.7 Å². The summed E-state index contributed by atoms with van der Waals surface area (Å²) in [4.78, 5) is 44.4. The number of anilines is 1. The first-order valence-electron chi connectivity index (χ1n) is 10.3. The lowest BCUT2D eigenvalue weighted by molar-refractivity contribution is -0.117. The van der Waals surface area contributed by atoms with Crippen molar-refractivity contribution in [2.75, 3.05) is 5.32 Å². The first kappa shape index (κ1) is 19.0. The number of nitrogens with two attached hydrogens (primary N) is 1. The van der Waals surface area contributed by atoms with E-state index in [4.69, 9.17) is 5.73 Å². The zero-order valence-corrected chi connectivity index (χ0v) is 17.2. The molecule has 5 aromatic heterocycles. The van der Waals surface area contributed by atoms with Crippen molar-refractivity contribution in [3.05, 3.63) is 48.5 Å². The van der Waals surface area contributed by atoms with Gasteiger partial charge in [0.05, 0.1) is 22.8 Å². The van der Waals surface area contributed by atoms with Crippen LogP contribution in [0, 0.1) is 5.92 Å². The second-order valence-electron chi connectivity index (χ2n) is 7.92. The Labute approximate surface area is 185 Å². The minimum absolute atomic E-state index is 0.0217. The number of carbonyl (C=O) groups is 2. The maximum atomic E-state index is 12.1. The normalized spacial score (nSPS) is 13.5. The van der Waals surface area contributed by atoms with Crippen LogP contribution in [0.1, 0.15) is 23.2 Å². The minimum Gasteiger partial charge on any atom is -0.366 e. The monoisotopic (exact) mass is 439 g/mol. The third kappa shape index (κ3) is 3.35. The number of fused-ring (bicyclic) bond motifs is 2. The Morgan fingerprint density at radius 1 is 1.06 bits per heavy atom. The summed E-state index contributed by atoms with van der Waals surface area (Å²) in [5, 5.41) is 10.9. The summed E-state index contributed by atoms with van der Waals surface area (Å²) in [7, 11) is 0. The molecule has 11 nitrogen and oxygen atoms in total. The Balaban J connectivity index is 1.40.